The molecule has 0 bridgehead atoms. The fourth-order valence-electron chi connectivity index (χ4n) is 2.38. The summed E-state index contributed by atoms with van der Waals surface area (Å²) in [5.74, 6) is 1.07. The number of aryl methyl sites for hydroxylation is 1. The Kier molecular flexibility index (Phi) is 8.86. The molecule has 1 aromatic rings. The van der Waals surface area contributed by atoms with Crippen LogP contribution in [-0.4, -0.2) is 37.5 Å². The highest BCUT2D eigenvalue weighted by molar-refractivity contribution is 7.99. The maximum atomic E-state index is 12.0. The molecule has 2 rings (SSSR count). The lowest BCUT2D eigenvalue weighted by molar-refractivity contribution is -0.124. The first-order chi connectivity index (χ1) is 10.2. The van der Waals surface area contributed by atoms with Gasteiger partial charge in [-0.05, 0) is 37.8 Å². The quantitative estimate of drug-likeness (QED) is 0.614. The zero-order chi connectivity index (χ0) is 15.1. The number of carbonyl (C=O) groups excluding carboxylic acids is 1. The Morgan fingerprint density at radius 1 is 1.36 bits per heavy atom. The first-order valence-electron chi connectivity index (χ1n) is 7.47. The van der Waals surface area contributed by atoms with Crippen LogP contribution < -0.4 is 11.1 Å². The number of nitrogens with one attached hydrogen (secondary N) is 1. The van der Waals surface area contributed by atoms with E-state index in [1.54, 1.807) is 11.8 Å². The van der Waals surface area contributed by atoms with Crippen LogP contribution in [0.4, 0.5) is 0 Å². The van der Waals surface area contributed by atoms with Crippen molar-refractivity contribution in [1.82, 2.24) is 5.32 Å². The number of hydrogen-bond donors (Lipinski definition) is 2. The van der Waals surface area contributed by atoms with E-state index < -0.39 is 6.04 Å². The van der Waals surface area contributed by atoms with E-state index in [1.807, 2.05) is 0 Å². The maximum absolute atomic E-state index is 12.0. The molecule has 0 spiro atoms. The fourth-order valence-corrected chi connectivity index (χ4v) is 3.15. The summed E-state index contributed by atoms with van der Waals surface area (Å²) in [4.78, 5) is 13.2. The lowest BCUT2D eigenvalue weighted by atomic mass is 9.92. The van der Waals surface area contributed by atoms with Crippen molar-refractivity contribution in [1.29, 1.82) is 0 Å². The Morgan fingerprint density at radius 3 is 2.64 bits per heavy atom. The molecule has 22 heavy (non-hydrogen) atoms. The van der Waals surface area contributed by atoms with E-state index in [9.17, 15) is 4.79 Å². The second-order valence-electron chi connectivity index (χ2n) is 5.43. The summed E-state index contributed by atoms with van der Waals surface area (Å²) in [5.41, 5.74) is 7.29. The molecule has 1 heterocycles. The van der Waals surface area contributed by atoms with Gasteiger partial charge in [0, 0.05) is 30.4 Å². The minimum Gasteiger partial charge on any atom is -0.381 e. The van der Waals surface area contributed by atoms with Gasteiger partial charge in [-0.3, -0.25) is 4.79 Å². The summed E-state index contributed by atoms with van der Waals surface area (Å²) in [5, 5.41) is 2.94. The number of carbonyl (C=O) groups is 1. The summed E-state index contributed by atoms with van der Waals surface area (Å²) in [7, 11) is 0. The van der Waals surface area contributed by atoms with Crippen LogP contribution in [0.5, 0.6) is 0 Å². The van der Waals surface area contributed by atoms with Gasteiger partial charge in [0.05, 0.1) is 6.04 Å². The van der Waals surface area contributed by atoms with Gasteiger partial charge in [0.25, 0.3) is 0 Å². The van der Waals surface area contributed by atoms with Crippen LogP contribution in [0.15, 0.2) is 29.2 Å². The second-order valence-corrected chi connectivity index (χ2v) is 6.60. The minimum atomic E-state index is -0.404. The van der Waals surface area contributed by atoms with Crippen LogP contribution in [0, 0.1) is 12.8 Å². The highest BCUT2D eigenvalue weighted by atomic mass is 35.5. The predicted octanol–water partition coefficient (Wildman–Crippen LogP) is 2.38. The van der Waals surface area contributed by atoms with Crippen LogP contribution in [0.1, 0.15) is 18.4 Å². The lowest BCUT2D eigenvalue weighted by Crippen LogP contribution is -2.47. The number of benzene rings is 1. The van der Waals surface area contributed by atoms with Gasteiger partial charge < -0.3 is 15.8 Å². The number of rotatable bonds is 6. The third-order valence-electron chi connectivity index (χ3n) is 3.77. The van der Waals surface area contributed by atoms with Gasteiger partial charge in [0.15, 0.2) is 0 Å². The molecule has 1 unspecified atom stereocenters. The second kappa shape index (κ2) is 10.1. The van der Waals surface area contributed by atoms with Crippen LogP contribution in [0.3, 0.4) is 0 Å². The van der Waals surface area contributed by atoms with Gasteiger partial charge in [0.2, 0.25) is 5.91 Å². The molecule has 0 aliphatic carbocycles. The maximum Gasteiger partial charge on any atom is 0.237 e. The Hall–Kier alpha value is -0.750. The molecule has 124 valence electrons. The van der Waals surface area contributed by atoms with Crippen LogP contribution in [0.25, 0.3) is 0 Å². The first kappa shape index (κ1) is 19.3. The molecule has 0 saturated carbocycles. The van der Waals surface area contributed by atoms with Crippen molar-refractivity contribution in [3.05, 3.63) is 29.8 Å². The minimum absolute atomic E-state index is 0. The zero-order valence-corrected chi connectivity index (χ0v) is 14.6. The van der Waals surface area contributed by atoms with E-state index in [2.05, 4.69) is 36.5 Å². The Labute approximate surface area is 143 Å². The molecule has 0 aromatic heterocycles. The van der Waals surface area contributed by atoms with Crippen LogP contribution in [0.2, 0.25) is 0 Å². The third kappa shape index (κ3) is 6.16. The molecule has 1 fully saturated rings. The van der Waals surface area contributed by atoms with Gasteiger partial charge in [-0.1, -0.05) is 17.7 Å². The number of amides is 1. The van der Waals surface area contributed by atoms with E-state index in [0.29, 0.717) is 6.54 Å². The molecule has 1 aromatic carbocycles. The van der Waals surface area contributed by atoms with E-state index in [4.69, 9.17) is 10.5 Å². The monoisotopic (exact) mass is 344 g/mol. The molecule has 1 atom stereocenters. The van der Waals surface area contributed by atoms with Gasteiger partial charge in [-0.25, -0.2) is 0 Å². The summed E-state index contributed by atoms with van der Waals surface area (Å²) >= 11 is 1.74. The summed E-state index contributed by atoms with van der Waals surface area (Å²) in [6.07, 6.45) is 1.76. The molecule has 1 saturated heterocycles. The predicted molar refractivity (Wildman–Crippen MR) is 93.7 cm³/mol. The van der Waals surface area contributed by atoms with Crippen molar-refractivity contribution in [2.75, 3.05) is 25.5 Å². The molecule has 6 heteroatoms. The zero-order valence-electron chi connectivity index (χ0n) is 12.9. The van der Waals surface area contributed by atoms with Gasteiger partial charge in [-0.15, -0.1) is 24.2 Å². The smallest absolute Gasteiger partial charge is 0.237 e. The Bertz CT molecular complexity index is 450. The van der Waals surface area contributed by atoms with E-state index >= 15 is 0 Å². The van der Waals surface area contributed by atoms with Crippen molar-refractivity contribution in [3.8, 4) is 0 Å². The largest absolute Gasteiger partial charge is 0.381 e. The first-order valence-corrected chi connectivity index (χ1v) is 8.46. The standard InChI is InChI=1S/C16H24N2O2S.ClH/c1-12-2-4-14(5-3-12)21-11-8-18-16(19)15(17)13-6-9-20-10-7-13;/h2-5,13,15H,6-11,17H2,1H3,(H,18,19);1H. The van der Waals surface area contributed by atoms with Crippen LogP contribution in [-0.2, 0) is 9.53 Å². The number of hydrogen-bond acceptors (Lipinski definition) is 4. The van der Waals surface area contributed by atoms with E-state index in [1.165, 1.54) is 10.5 Å². The van der Waals surface area contributed by atoms with Crippen molar-refractivity contribution >= 4 is 30.1 Å². The molecular formula is C16H25ClN2O2S. The van der Waals surface area contributed by atoms with Crippen molar-refractivity contribution in [2.45, 2.75) is 30.7 Å². The summed E-state index contributed by atoms with van der Waals surface area (Å²) in [6.45, 7) is 4.16. The molecule has 3 N–H and O–H groups in total. The lowest BCUT2D eigenvalue weighted by Gasteiger charge is -2.26. The molecule has 4 nitrogen and oxygen atoms in total. The van der Waals surface area contributed by atoms with E-state index in [-0.39, 0.29) is 24.2 Å². The van der Waals surface area contributed by atoms with E-state index in [0.717, 1.165) is 31.8 Å². The van der Waals surface area contributed by atoms with Crippen LogP contribution >= 0.6 is 24.2 Å². The van der Waals surface area contributed by atoms with Gasteiger partial charge >= 0.3 is 0 Å². The number of nitrogens with two attached hydrogens (primary N) is 1. The average molecular weight is 345 g/mol. The Balaban J connectivity index is 0.00000242. The number of thioether (sulfide) groups is 1. The number of ether oxygens (including phenoxy) is 1. The fraction of sp³-hybridized carbons (Fsp3) is 0.562. The summed E-state index contributed by atoms with van der Waals surface area (Å²) in [6, 6.07) is 8.01. The molecule has 1 amide bonds. The van der Waals surface area contributed by atoms with Crippen molar-refractivity contribution in [3.63, 3.8) is 0 Å². The highest BCUT2D eigenvalue weighted by Crippen LogP contribution is 2.19. The molecule has 1 aliphatic rings. The van der Waals surface area contributed by atoms with Gasteiger partial charge in [0.1, 0.15) is 0 Å². The molecule has 0 radical (unpaired) electrons. The molecular weight excluding hydrogens is 320 g/mol. The summed E-state index contributed by atoms with van der Waals surface area (Å²) < 4.78 is 5.29. The van der Waals surface area contributed by atoms with Gasteiger partial charge in [-0.2, -0.15) is 0 Å². The average Bonchev–Trinajstić information content (AvgIpc) is 2.53. The number of halogens is 1. The van der Waals surface area contributed by atoms with Crippen molar-refractivity contribution < 1.29 is 9.53 Å². The SMILES string of the molecule is Cc1ccc(SCCNC(=O)C(N)C2CCOCC2)cc1.Cl. The third-order valence-corrected chi connectivity index (χ3v) is 4.78. The Morgan fingerprint density at radius 2 is 2.00 bits per heavy atom. The van der Waals surface area contributed by atoms with Crippen molar-refractivity contribution in [2.24, 2.45) is 11.7 Å². The topological polar surface area (TPSA) is 64.4 Å². The normalized spacial score (nSPS) is 16.6. The highest BCUT2D eigenvalue weighted by Gasteiger charge is 2.26. The molecule has 1 aliphatic heterocycles.